The van der Waals surface area contributed by atoms with Crippen LogP contribution in [0.4, 0.5) is 0 Å². The molecule has 0 saturated heterocycles. The van der Waals surface area contributed by atoms with Gasteiger partial charge in [-0.15, -0.1) is 0 Å². The van der Waals surface area contributed by atoms with Crippen molar-refractivity contribution < 1.29 is 15.0 Å². The molecule has 0 radical (unpaired) electrons. The van der Waals surface area contributed by atoms with Gasteiger partial charge in [0.05, 0.1) is 6.10 Å². The number of aldehydes is 1. The summed E-state index contributed by atoms with van der Waals surface area (Å²) in [7, 11) is 0. The van der Waals surface area contributed by atoms with E-state index in [1.54, 1.807) is 0 Å². The molecule has 2 atom stereocenters. The molecule has 0 aliphatic carbocycles. The first-order chi connectivity index (χ1) is 3.66. The van der Waals surface area contributed by atoms with Gasteiger partial charge in [0.25, 0.3) is 0 Å². The van der Waals surface area contributed by atoms with E-state index >= 15 is 0 Å². The molecule has 2 N–H and O–H groups in total. The van der Waals surface area contributed by atoms with Crippen molar-refractivity contribution in [2.75, 3.05) is 0 Å². The summed E-state index contributed by atoms with van der Waals surface area (Å²) >= 11 is 0. The predicted molar refractivity (Wildman–Crippen MR) is 28.4 cm³/mol. The Hall–Kier alpha value is -0.410. The molecule has 48 valence electrons. The first kappa shape index (κ1) is 7.59. The molecule has 0 rings (SSSR count). The first-order valence-electron chi connectivity index (χ1n) is 2.48. The van der Waals surface area contributed by atoms with Crippen LogP contribution in [0.25, 0.3) is 0 Å². The van der Waals surface area contributed by atoms with Gasteiger partial charge in [0.15, 0.2) is 0 Å². The van der Waals surface area contributed by atoms with Gasteiger partial charge in [-0.1, -0.05) is 0 Å². The fraction of sp³-hybridized carbons (Fsp3) is 0.800. The summed E-state index contributed by atoms with van der Waals surface area (Å²) in [5, 5.41) is 17.0. The van der Waals surface area contributed by atoms with E-state index in [0.29, 0.717) is 6.29 Å². The fourth-order valence-corrected chi connectivity index (χ4v) is 0.405. The molecule has 3 nitrogen and oxygen atoms in total. The molecular formula is C5H10O3. The lowest BCUT2D eigenvalue weighted by atomic mass is 10.2. The van der Waals surface area contributed by atoms with Crippen LogP contribution in [0.5, 0.6) is 0 Å². The zero-order valence-electron chi connectivity index (χ0n) is 4.74. The van der Waals surface area contributed by atoms with E-state index in [0.717, 1.165) is 0 Å². The van der Waals surface area contributed by atoms with Crippen LogP contribution in [-0.4, -0.2) is 28.7 Å². The van der Waals surface area contributed by atoms with Crippen molar-refractivity contribution in [1.29, 1.82) is 0 Å². The minimum Gasteiger partial charge on any atom is -0.393 e. The largest absolute Gasteiger partial charge is 0.393 e. The molecule has 0 amide bonds. The van der Waals surface area contributed by atoms with E-state index in [1.165, 1.54) is 6.92 Å². The van der Waals surface area contributed by atoms with Crippen molar-refractivity contribution in [3.8, 4) is 0 Å². The fourth-order valence-electron chi connectivity index (χ4n) is 0.405. The van der Waals surface area contributed by atoms with E-state index in [-0.39, 0.29) is 6.42 Å². The Kier molecular flexibility index (Phi) is 3.39. The molecule has 8 heavy (non-hydrogen) atoms. The number of rotatable bonds is 3. The Morgan fingerprint density at radius 3 is 2.25 bits per heavy atom. The molecule has 0 spiro atoms. The molecule has 2 unspecified atom stereocenters. The number of carbonyl (C=O) groups is 1. The zero-order valence-corrected chi connectivity index (χ0v) is 4.74. The van der Waals surface area contributed by atoms with Crippen LogP contribution in [0.3, 0.4) is 0 Å². The second-order valence-electron chi connectivity index (χ2n) is 1.79. The van der Waals surface area contributed by atoms with Crippen molar-refractivity contribution >= 4 is 6.29 Å². The van der Waals surface area contributed by atoms with E-state index in [9.17, 15) is 4.79 Å². The van der Waals surface area contributed by atoms with Gasteiger partial charge in [0, 0.05) is 6.42 Å². The number of hydrogen-bond acceptors (Lipinski definition) is 3. The average Bonchev–Trinajstić information content (AvgIpc) is 1.65. The van der Waals surface area contributed by atoms with E-state index in [4.69, 9.17) is 10.2 Å². The molecule has 0 heterocycles. The number of aliphatic hydroxyl groups is 2. The molecule has 0 aromatic carbocycles. The molecule has 0 aromatic heterocycles. The maximum atomic E-state index is 9.68. The van der Waals surface area contributed by atoms with Crippen LogP contribution in [0, 0.1) is 0 Å². The number of hydrogen-bond donors (Lipinski definition) is 2. The van der Waals surface area contributed by atoms with Crippen molar-refractivity contribution in [1.82, 2.24) is 0 Å². The van der Waals surface area contributed by atoms with Gasteiger partial charge < -0.3 is 15.0 Å². The molecular weight excluding hydrogens is 108 g/mol. The van der Waals surface area contributed by atoms with E-state index < -0.39 is 12.2 Å². The third-order valence-corrected chi connectivity index (χ3v) is 0.740. The van der Waals surface area contributed by atoms with Crippen LogP contribution in [0.2, 0.25) is 0 Å². The maximum absolute atomic E-state index is 9.68. The SMILES string of the molecule is CC(O)CC(O)C=O. The van der Waals surface area contributed by atoms with Gasteiger partial charge in [0.2, 0.25) is 0 Å². The Bertz CT molecular complexity index is 70.1. The highest BCUT2D eigenvalue weighted by Gasteiger charge is 2.04. The normalized spacial score (nSPS) is 17.4. The minimum absolute atomic E-state index is 0.128. The predicted octanol–water partition coefficient (Wildman–Crippen LogP) is -0.683. The van der Waals surface area contributed by atoms with Gasteiger partial charge in [0.1, 0.15) is 12.4 Å². The highest BCUT2D eigenvalue weighted by Crippen LogP contribution is 1.92. The van der Waals surface area contributed by atoms with Crippen molar-refractivity contribution in [2.24, 2.45) is 0 Å². The summed E-state index contributed by atoms with van der Waals surface area (Å²) in [6.45, 7) is 1.52. The standard InChI is InChI=1S/C5H10O3/c1-4(7)2-5(8)3-6/h3-5,7-8H,2H2,1H3. The Morgan fingerprint density at radius 2 is 2.12 bits per heavy atom. The number of aliphatic hydroxyl groups excluding tert-OH is 2. The van der Waals surface area contributed by atoms with Crippen LogP contribution in [0.1, 0.15) is 13.3 Å². The van der Waals surface area contributed by atoms with Crippen LogP contribution < -0.4 is 0 Å². The lowest BCUT2D eigenvalue weighted by Gasteiger charge is -2.03. The third kappa shape index (κ3) is 3.77. The smallest absolute Gasteiger partial charge is 0.148 e. The second-order valence-corrected chi connectivity index (χ2v) is 1.79. The summed E-state index contributed by atoms with van der Waals surface area (Å²) < 4.78 is 0. The van der Waals surface area contributed by atoms with Crippen molar-refractivity contribution in [3.63, 3.8) is 0 Å². The monoisotopic (exact) mass is 118 g/mol. The van der Waals surface area contributed by atoms with Crippen LogP contribution in [0.15, 0.2) is 0 Å². The van der Waals surface area contributed by atoms with E-state index in [1.807, 2.05) is 0 Å². The summed E-state index contributed by atoms with van der Waals surface area (Å²) in [4.78, 5) is 9.68. The summed E-state index contributed by atoms with van der Waals surface area (Å²) in [5.41, 5.74) is 0. The highest BCUT2D eigenvalue weighted by atomic mass is 16.3. The molecule has 0 aliphatic rings. The molecule has 0 bridgehead atoms. The Morgan fingerprint density at radius 1 is 1.62 bits per heavy atom. The van der Waals surface area contributed by atoms with Gasteiger partial charge in [-0.05, 0) is 6.92 Å². The second kappa shape index (κ2) is 3.57. The van der Waals surface area contributed by atoms with Gasteiger partial charge >= 0.3 is 0 Å². The topological polar surface area (TPSA) is 57.5 Å². The van der Waals surface area contributed by atoms with Crippen LogP contribution >= 0.6 is 0 Å². The molecule has 0 aromatic rings. The molecule has 0 saturated carbocycles. The Balaban J connectivity index is 3.23. The average molecular weight is 118 g/mol. The minimum atomic E-state index is -1.00. The van der Waals surface area contributed by atoms with Crippen molar-refractivity contribution in [3.05, 3.63) is 0 Å². The summed E-state index contributed by atoms with van der Waals surface area (Å²) in [6.07, 6.45) is -1.07. The number of carbonyl (C=O) groups excluding carboxylic acids is 1. The lowest BCUT2D eigenvalue weighted by Crippen LogP contribution is -2.15. The van der Waals surface area contributed by atoms with Crippen molar-refractivity contribution in [2.45, 2.75) is 25.6 Å². The van der Waals surface area contributed by atoms with Gasteiger partial charge in [-0.2, -0.15) is 0 Å². The summed E-state index contributed by atoms with van der Waals surface area (Å²) in [5.74, 6) is 0. The zero-order chi connectivity index (χ0) is 6.57. The Labute approximate surface area is 47.9 Å². The molecule has 0 aliphatic heterocycles. The third-order valence-electron chi connectivity index (χ3n) is 0.740. The van der Waals surface area contributed by atoms with E-state index in [2.05, 4.69) is 0 Å². The quantitative estimate of drug-likeness (QED) is 0.482. The first-order valence-corrected chi connectivity index (χ1v) is 2.48. The summed E-state index contributed by atoms with van der Waals surface area (Å²) in [6, 6.07) is 0. The lowest BCUT2D eigenvalue weighted by molar-refractivity contribution is -0.116. The van der Waals surface area contributed by atoms with Crippen LogP contribution in [-0.2, 0) is 4.79 Å². The van der Waals surface area contributed by atoms with Gasteiger partial charge in [-0.25, -0.2) is 0 Å². The highest BCUT2D eigenvalue weighted by molar-refractivity contribution is 5.55. The molecule has 0 fully saturated rings. The molecule has 3 heteroatoms. The maximum Gasteiger partial charge on any atom is 0.148 e. The van der Waals surface area contributed by atoms with Gasteiger partial charge in [-0.3, -0.25) is 0 Å².